The van der Waals surface area contributed by atoms with Crippen LogP contribution in [0.4, 0.5) is 0 Å². The van der Waals surface area contributed by atoms with E-state index in [9.17, 15) is 15.2 Å². The molecule has 0 atom stereocenters. The predicted molar refractivity (Wildman–Crippen MR) is 86.3 cm³/mol. The molecule has 0 amide bonds. The molecule has 0 radical (unpaired) electrons. The van der Waals surface area contributed by atoms with Crippen LogP contribution in [0.25, 0.3) is 21.7 Å². The van der Waals surface area contributed by atoms with Gasteiger partial charge in [0, 0.05) is 5.56 Å². The Kier molecular flexibility index (Phi) is 3.79. The molecule has 0 saturated heterocycles. The number of benzene rings is 2. The van der Waals surface area contributed by atoms with Crippen molar-refractivity contribution in [2.24, 2.45) is 0 Å². The number of hydrogen-bond donors (Lipinski definition) is 2. The minimum atomic E-state index is -1.23. The van der Waals surface area contributed by atoms with Crippen molar-refractivity contribution in [2.75, 3.05) is 0 Å². The maximum absolute atomic E-state index is 11.0. The van der Waals surface area contributed by atoms with E-state index in [2.05, 4.69) is 11.1 Å². The average molecular weight is 322 g/mol. The molecule has 0 bridgehead atoms. The zero-order valence-corrected chi connectivity index (χ0v) is 12.5. The highest BCUT2D eigenvalue weighted by atomic mass is 32.1. The van der Waals surface area contributed by atoms with Crippen molar-refractivity contribution in [1.29, 1.82) is 5.26 Å². The molecule has 0 aliphatic rings. The maximum atomic E-state index is 11.0. The molecule has 112 valence electrons. The third kappa shape index (κ3) is 2.78. The highest BCUT2D eigenvalue weighted by Gasteiger charge is 2.18. The minimum Gasteiger partial charge on any atom is -0.492 e. The molecule has 0 unspecified atom stereocenters. The lowest BCUT2D eigenvalue weighted by molar-refractivity contribution is 0.0699. The summed E-state index contributed by atoms with van der Waals surface area (Å²) in [6.07, 6.45) is 0. The number of thiazole rings is 1. The van der Waals surface area contributed by atoms with Crippen molar-refractivity contribution >= 4 is 17.3 Å². The molecule has 2 aromatic carbocycles. The van der Waals surface area contributed by atoms with Crippen molar-refractivity contribution in [2.45, 2.75) is 0 Å². The Balaban J connectivity index is 2.08. The molecular formula is C17H10N2O3S. The lowest BCUT2D eigenvalue weighted by atomic mass is 9.98. The Morgan fingerprint density at radius 2 is 1.87 bits per heavy atom. The lowest BCUT2D eigenvalue weighted by Crippen LogP contribution is -1.91. The predicted octanol–water partition coefficient (Wildman–Crippen LogP) is 3.75. The number of aromatic hydroxyl groups is 1. The molecule has 3 aromatic rings. The van der Waals surface area contributed by atoms with E-state index in [0.29, 0.717) is 16.1 Å². The van der Waals surface area contributed by atoms with Gasteiger partial charge in [0.15, 0.2) is 4.88 Å². The molecule has 0 aliphatic heterocycles. The first-order chi connectivity index (χ1) is 11.1. The van der Waals surface area contributed by atoms with Crippen LogP contribution in [-0.2, 0) is 0 Å². The fourth-order valence-electron chi connectivity index (χ4n) is 2.21. The van der Waals surface area contributed by atoms with Gasteiger partial charge in [-0.25, -0.2) is 9.78 Å². The summed E-state index contributed by atoms with van der Waals surface area (Å²) in [5, 5.41) is 28.3. The Morgan fingerprint density at radius 1 is 1.13 bits per heavy atom. The number of aromatic nitrogens is 1. The molecule has 0 saturated carbocycles. The largest absolute Gasteiger partial charge is 0.492 e. The number of hydrogen-bond acceptors (Lipinski definition) is 5. The van der Waals surface area contributed by atoms with E-state index >= 15 is 0 Å². The van der Waals surface area contributed by atoms with Crippen LogP contribution >= 0.6 is 11.3 Å². The number of nitriles is 1. The van der Waals surface area contributed by atoms with E-state index in [1.165, 1.54) is 0 Å². The van der Waals surface area contributed by atoms with E-state index in [1.807, 2.05) is 30.3 Å². The fourth-order valence-corrected chi connectivity index (χ4v) is 3.01. The maximum Gasteiger partial charge on any atom is 0.351 e. The molecule has 0 fully saturated rings. The van der Waals surface area contributed by atoms with Crippen LogP contribution < -0.4 is 0 Å². The van der Waals surface area contributed by atoms with Gasteiger partial charge >= 0.3 is 5.97 Å². The van der Waals surface area contributed by atoms with Crippen molar-refractivity contribution in [3.8, 4) is 33.6 Å². The van der Waals surface area contributed by atoms with Gasteiger partial charge in [-0.2, -0.15) is 5.26 Å². The summed E-state index contributed by atoms with van der Waals surface area (Å²) in [6, 6.07) is 16.8. The van der Waals surface area contributed by atoms with Gasteiger partial charge in [-0.3, -0.25) is 0 Å². The third-order valence-electron chi connectivity index (χ3n) is 3.28. The number of carbonyl (C=O) groups is 1. The molecule has 23 heavy (non-hydrogen) atoms. The molecule has 6 heteroatoms. The molecule has 0 aliphatic carbocycles. The van der Waals surface area contributed by atoms with Crippen LogP contribution in [0, 0.1) is 11.3 Å². The van der Waals surface area contributed by atoms with Crippen molar-refractivity contribution < 1.29 is 15.0 Å². The van der Waals surface area contributed by atoms with E-state index in [-0.39, 0.29) is 4.88 Å². The molecular weight excluding hydrogens is 312 g/mol. The first kappa shape index (κ1) is 14.8. The van der Waals surface area contributed by atoms with Gasteiger partial charge in [-0.15, -0.1) is 11.3 Å². The number of aromatic carboxylic acids is 1. The van der Waals surface area contributed by atoms with Gasteiger partial charge in [0.25, 0.3) is 0 Å². The topological polar surface area (TPSA) is 94.2 Å². The van der Waals surface area contributed by atoms with Gasteiger partial charge in [-0.05, 0) is 17.2 Å². The smallest absolute Gasteiger partial charge is 0.351 e. The Hall–Kier alpha value is -3.17. The fraction of sp³-hybridized carbons (Fsp3) is 0. The summed E-state index contributed by atoms with van der Waals surface area (Å²) in [6.45, 7) is 0. The molecule has 0 spiro atoms. The average Bonchev–Trinajstić information content (AvgIpc) is 2.97. The van der Waals surface area contributed by atoms with Crippen LogP contribution in [0.3, 0.4) is 0 Å². The lowest BCUT2D eigenvalue weighted by Gasteiger charge is -2.05. The summed E-state index contributed by atoms with van der Waals surface area (Å²) in [5.41, 5.74) is 2.76. The van der Waals surface area contributed by atoms with Crippen LogP contribution in [0.5, 0.6) is 5.88 Å². The zero-order valence-electron chi connectivity index (χ0n) is 11.7. The zero-order chi connectivity index (χ0) is 16.4. The summed E-state index contributed by atoms with van der Waals surface area (Å²) >= 11 is 0.871. The molecule has 1 heterocycles. The Morgan fingerprint density at radius 3 is 2.48 bits per heavy atom. The highest BCUT2D eigenvalue weighted by Crippen LogP contribution is 2.34. The summed E-state index contributed by atoms with van der Waals surface area (Å²) < 4.78 is 0. The normalized spacial score (nSPS) is 10.2. The van der Waals surface area contributed by atoms with Crippen molar-refractivity contribution in [3.05, 3.63) is 59.0 Å². The molecule has 3 rings (SSSR count). The second-order valence-corrected chi connectivity index (χ2v) is 5.71. The summed E-state index contributed by atoms with van der Waals surface area (Å²) in [7, 11) is 0. The second-order valence-electron chi connectivity index (χ2n) is 4.72. The Labute approximate surface area is 135 Å². The first-order valence-electron chi connectivity index (χ1n) is 6.63. The number of rotatable bonds is 3. The van der Waals surface area contributed by atoms with Crippen molar-refractivity contribution in [3.63, 3.8) is 0 Å². The second kappa shape index (κ2) is 5.91. The number of carboxylic acid groups (broad SMARTS) is 1. The van der Waals surface area contributed by atoms with E-state index in [1.54, 1.807) is 18.2 Å². The number of carboxylic acids is 1. The van der Waals surface area contributed by atoms with Gasteiger partial charge in [0.2, 0.25) is 5.88 Å². The summed E-state index contributed by atoms with van der Waals surface area (Å²) in [5.74, 6) is -1.74. The minimum absolute atomic E-state index is 0.217. The first-order valence-corrected chi connectivity index (χ1v) is 7.45. The monoisotopic (exact) mass is 322 g/mol. The Bertz CT molecular complexity index is 927. The van der Waals surface area contributed by atoms with Crippen molar-refractivity contribution in [1.82, 2.24) is 4.98 Å². The van der Waals surface area contributed by atoms with E-state index < -0.39 is 11.8 Å². The molecule has 1 aromatic heterocycles. The molecule has 5 nitrogen and oxygen atoms in total. The van der Waals surface area contributed by atoms with Crippen LogP contribution in [-0.4, -0.2) is 21.2 Å². The third-order valence-corrected chi connectivity index (χ3v) is 4.36. The van der Waals surface area contributed by atoms with Crippen LogP contribution in [0.1, 0.15) is 15.2 Å². The van der Waals surface area contributed by atoms with Gasteiger partial charge in [0.1, 0.15) is 5.01 Å². The SMILES string of the molecule is N#Cc1cc(-c2nc(O)c(C(=O)O)s2)ccc1-c1ccccc1. The molecule has 2 N–H and O–H groups in total. The van der Waals surface area contributed by atoms with E-state index in [0.717, 1.165) is 22.5 Å². The van der Waals surface area contributed by atoms with Gasteiger partial charge in [-0.1, -0.05) is 42.5 Å². The van der Waals surface area contributed by atoms with Crippen LogP contribution in [0.2, 0.25) is 0 Å². The summed E-state index contributed by atoms with van der Waals surface area (Å²) in [4.78, 5) is 14.6. The van der Waals surface area contributed by atoms with E-state index in [4.69, 9.17) is 5.11 Å². The standard InChI is InChI=1S/C17H10N2O3S/c18-9-12-8-11(16-19-15(20)14(23-16)17(21)22)6-7-13(12)10-4-2-1-3-5-10/h1-8,20H,(H,21,22). The van der Waals surface area contributed by atoms with Gasteiger partial charge in [0.05, 0.1) is 11.6 Å². The quantitative estimate of drug-likeness (QED) is 0.766. The number of nitrogens with zero attached hydrogens (tertiary/aromatic N) is 2. The van der Waals surface area contributed by atoms with Crippen LogP contribution in [0.15, 0.2) is 48.5 Å². The highest BCUT2D eigenvalue weighted by molar-refractivity contribution is 7.17. The van der Waals surface area contributed by atoms with Gasteiger partial charge < -0.3 is 10.2 Å².